The number of ether oxygens (including phenoxy) is 1. The first-order valence-electron chi connectivity index (χ1n) is 10.0. The SMILES string of the molecule is CC(C)(C)OC(=O)N1CCC[C@H]1[C@@](C)(CC(O)CO)O[Si](C)(C)C(C)(C)C. The molecule has 0 aromatic carbocycles. The van der Waals surface area contributed by atoms with Gasteiger partial charge >= 0.3 is 6.09 Å². The maximum Gasteiger partial charge on any atom is 0.410 e. The number of hydrogen-bond acceptors (Lipinski definition) is 5. The molecular weight excluding hydrogens is 362 g/mol. The number of amides is 1. The van der Waals surface area contributed by atoms with E-state index < -0.39 is 25.6 Å². The van der Waals surface area contributed by atoms with E-state index in [1.54, 1.807) is 4.90 Å². The van der Waals surface area contributed by atoms with Crippen molar-refractivity contribution >= 4 is 14.4 Å². The standard InChI is InChI=1S/C20H41NO5Si/c1-18(2,3)25-17(24)21-12-10-11-16(21)20(7,13-15(23)14-22)26-27(8,9)19(4,5)6/h15-16,22-23H,10-14H2,1-9H3/t15?,16-,20+/m0/s1. The van der Waals surface area contributed by atoms with Crippen molar-refractivity contribution in [3.63, 3.8) is 0 Å². The molecule has 27 heavy (non-hydrogen) atoms. The monoisotopic (exact) mass is 403 g/mol. The first-order valence-corrected chi connectivity index (χ1v) is 12.9. The minimum Gasteiger partial charge on any atom is -0.444 e. The number of hydrogen-bond donors (Lipinski definition) is 2. The van der Waals surface area contributed by atoms with E-state index in [9.17, 15) is 15.0 Å². The third-order valence-corrected chi connectivity index (χ3v) is 10.3. The Labute approximate surface area is 166 Å². The second kappa shape index (κ2) is 8.39. The summed E-state index contributed by atoms with van der Waals surface area (Å²) in [7, 11) is -2.17. The van der Waals surface area contributed by atoms with E-state index in [1.807, 2.05) is 27.7 Å². The number of aliphatic hydroxyl groups excluding tert-OH is 2. The van der Waals surface area contributed by atoms with Crippen LogP contribution < -0.4 is 0 Å². The summed E-state index contributed by atoms with van der Waals surface area (Å²) in [6, 6.07) is -0.192. The van der Waals surface area contributed by atoms with Gasteiger partial charge in [-0.05, 0) is 58.7 Å². The van der Waals surface area contributed by atoms with Crippen molar-refractivity contribution in [1.29, 1.82) is 0 Å². The van der Waals surface area contributed by atoms with Gasteiger partial charge in [-0.1, -0.05) is 20.8 Å². The zero-order chi connectivity index (χ0) is 21.3. The van der Waals surface area contributed by atoms with Gasteiger partial charge in [-0.15, -0.1) is 0 Å². The van der Waals surface area contributed by atoms with Gasteiger partial charge in [0.2, 0.25) is 0 Å². The Balaban J connectivity index is 3.19. The molecule has 0 saturated carbocycles. The Morgan fingerprint density at radius 1 is 1.19 bits per heavy atom. The van der Waals surface area contributed by atoms with Gasteiger partial charge in [-0.2, -0.15) is 0 Å². The summed E-state index contributed by atoms with van der Waals surface area (Å²) >= 11 is 0. The second-order valence-corrected chi connectivity index (χ2v) is 15.3. The largest absolute Gasteiger partial charge is 0.444 e. The quantitative estimate of drug-likeness (QED) is 0.657. The Kier molecular flexibility index (Phi) is 7.58. The molecule has 0 radical (unpaired) electrons. The summed E-state index contributed by atoms with van der Waals surface area (Å²) < 4.78 is 12.4. The summed E-state index contributed by atoms with van der Waals surface area (Å²) in [5, 5.41) is 19.6. The van der Waals surface area contributed by atoms with Crippen molar-refractivity contribution < 1.29 is 24.2 Å². The molecule has 2 N–H and O–H groups in total. The van der Waals surface area contributed by atoms with Gasteiger partial charge in [-0.25, -0.2) is 4.79 Å². The van der Waals surface area contributed by atoms with E-state index in [4.69, 9.17) is 9.16 Å². The fraction of sp³-hybridized carbons (Fsp3) is 0.950. The molecule has 6 nitrogen and oxygen atoms in total. The molecule has 1 amide bonds. The van der Waals surface area contributed by atoms with Crippen LogP contribution in [0.15, 0.2) is 0 Å². The zero-order valence-corrected chi connectivity index (χ0v) is 19.8. The second-order valence-electron chi connectivity index (χ2n) is 10.5. The highest BCUT2D eigenvalue weighted by molar-refractivity contribution is 6.74. The molecule has 0 aromatic rings. The number of carbonyl (C=O) groups is 1. The predicted octanol–water partition coefficient (Wildman–Crippen LogP) is 3.91. The van der Waals surface area contributed by atoms with Crippen LogP contribution in [0.5, 0.6) is 0 Å². The van der Waals surface area contributed by atoms with Crippen LogP contribution in [0.2, 0.25) is 18.1 Å². The molecule has 160 valence electrons. The third kappa shape index (κ3) is 6.44. The molecule has 1 aliphatic rings. The van der Waals surface area contributed by atoms with Crippen LogP contribution in [-0.4, -0.2) is 66.0 Å². The first-order chi connectivity index (χ1) is 12.0. The molecule has 1 saturated heterocycles. The first kappa shape index (κ1) is 24.4. The number of nitrogens with zero attached hydrogens (tertiary/aromatic N) is 1. The van der Waals surface area contributed by atoms with Crippen LogP contribution in [0.1, 0.15) is 67.7 Å². The van der Waals surface area contributed by atoms with E-state index in [0.29, 0.717) is 6.54 Å². The van der Waals surface area contributed by atoms with Gasteiger partial charge in [0.25, 0.3) is 0 Å². The van der Waals surface area contributed by atoms with E-state index >= 15 is 0 Å². The Bertz CT molecular complexity index is 511. The molecule has 7 heteroatoms. The number of carbonyl (C=O) groups excluding carboxylic acids is 1. The van der Waals surface area contributed by atoms with Crippen LogP contribution in [-0.2, 0) is 9.16 Å². The Hall–Kier alpha value is -0.633. The maximum absolute atomic E-state index is 12.8. The minimum atomic E-state index is -2.17. The minimum absolute atomic E-state index is 0.00617. The number of rotatable bonds is 6. The maximum atomic E-state index is 12.8. The van der Waals surface area contributed by atoms with Crippen LogP contribution >= 0.6 is 0 Å². The van der Waals surface area contributed by atoms with Crippen LogP contribution in [0.4, 0.5) is 4.79 Å². The molecule has 1 unspecified atom stereocenters. The van der Waals surface area contributed by atoms with Crippen molar-refractivity contribution in [2.24, 2.45) is 0 Å². The molecule has 1 rings (SSSR count). The normalized spacial score (nSPS) is 22.5. The van der Waals surface area contributed by atoms with Crippen molar-refractivity contribution in [2.75, 3.05) is 13.2 Å². The molecule has 1 fully saturated rings. The lowest BCUT2D eigenvalue weighted by Gasteiger charge is -2.49. The van der Waals surface area contributed by atoms with Crippen molar-refractivity contribution in [3.8, 4) is 0 Å². The van der Waals surface area contributed by atoms with Crippen LogP contribution in [0.3, 0.4) is 0 Å². The van der Waals surface area contributed by atoms with Gasteiger partial charge in [0.05, 0.1) is 24.4 Å². The van der Waals surface area contributed by atoms with E-state index in [2.05, 4.69) is 33.9 Å². The summed E-state index contributed by atoms with van der Waals surface area (Å²) in [6.45, 7) is 18.7. The lowest BCUT2D eigenvalue weighted by molar-refractivity contribution is -0.0571. The van der Waals surface area contributed by atoms with Crippen molar-refractivity contribution in [1.82, 2.24) is 4.90 Å². The van der Waals surface area contributed by atoms with Gasteiger partial charge in [0, 0.05) is 13.0 Å². The summed E-state index contributed by atoms with van der Waals surface area (Å²) in [6.07, 6.45) is 0.715. The fourth-order valence-corrected chi connectivity index (χ4v) is 5.15. The van der Waals surface area contributed by atoms with Crippen LogP contribution in [0, 0.1) is 0 Å². The van der Waals surface area contributed by atoms with Crippen molar-refractivity contribution in [3.05, 3.63) is 0 Å². The topological polar surface area (TPSA) is 79.2 Å². The molecule has 1 aliphatic heterocycles. The third-order valence-electron chi connectivity index (χ3n) is 5.73. The van der Waals surface area contributed by atoms with E-state index in [-0.39, 0.29) is 30.2 Å². The highest BCUT2D eigenvalue weighted by Crippen LogP contribution is 2.43. The molecule has 0 aromatic heterocycles. The molecule has 0 aliphatic carbocycles. The van der Waals surface area contributed by atoms with E-state index in [1.165, 1.54) is 0 Å². The van der Waals surface area contributed by atoms with Gasteiger partial charge in [0.1, 0.15) is 5.60 Å². The van der Waals surface area contributed by atoms with E-state index in [0.717, 1.165) is 12.8 Å². The average molecular weight is 404 g/mol. The average Bonchev–Trinajstić information content (AvgIpc) is 2.93. The van der Waals surface area contributed by atoms with Gasteiger partial charge in [0.15, 0.2) is 8.32 Å². The summed E-state index contributed by atoms with van der Waals surface area (Å²) in [5.74, 6) is 0. The molecule has 0 bridgehead atoms. The highest BCUT2D eigenvalue weighted by atomic mass is 28.4. The Morgan fingerprint density at radius 3 is 2.19 bits per heavy atom. The lowest BCUT2D eigenvalue weighted by atomic mass is 9.88. The Morgan fingerprint density at radius 2 is 1.74 bits per heavy atom. The zero-order valence-electron chi connectivity index (χ0n) is 18.8. The smallest absolute Gasteiger partial charge is 0.410 e. The fourth-order valence-electron chi connectivity index (χ4n) is 3.45. The van der Waals surface area contributed by atoms with Gasteiger partial charge in [-0.3, -0.25) is 0 Å². The van der Waals surface area contributed by atoms with Gasteiger partial charge < -0.3 is 24.3 Å². The highest BCUT2D eigenvalue weighted by Gasteiger charge is 2.50. The number of likely N-dealkylation sites (tertiary alicyclic amines) is 1. The number of aliphatic hydroxyl groups is 2. The molecule has 1 heterocycles. The van der Waals surface area contributed by atoms with Crippen LogP contribution in [0.25, 0.3) is 0 Å². The molecular formula is C20H41NO5Si. The summed E-state index contributed by atoms with van der Waals surface area (Å²) in [5.41, 5.74) is -1.32. The van der Waals surface area contributed by atoms with Crippen molar-refractivity contribution in [2.45, 2.75) is 109 Å². The molecule has 3 atom stereocenters. The lowest BCUT2D eigenvalue weighted by Crippen LogP contribution is -2.59. The molecule has 0 spiro atoms. The summed E-state index contributed by atoms with van der Waals surface area (Å²) in [4.78, 5) is 14.5. The predicted molar refractivity (Wildman–Crippen MR) is 110 cm³/mol.